The highest BCUT2D eigenvalue weighted by Crippen LogP contribution is 2.34. The Morgan fingerprint density at radius 1 is 1.29 bits per heavy atom. The quantitative estimate of drug-likeness (QED) is 0.718. The highest BCUT2D eigenvalue weighted by molar-refractivity contribution is 8.18. The molecule has 0 aromatic heterocycles. The maximum absolute atomic E-state index is 12.5. The van der Waals surface area contributed by atoms with E-state index in [4.69, 9.17) is 16.3 Å². The number of hydrogen-bond acceptors (Lipinski definition) is 6. The molecule has 144 valence electrons. The topological polar surface area (TPSA) is 95.9 Å². The number of anilines is 1. The zero-order chi connectivity index (χ0) is 20.3. The lowest BCUT2D eigenvalue weighted by Gasteiger charge is -2.12. The number of phenolic OH excluding ortho intramolecular Hbond substituents is 1. The summed E-state index contributed by atoms with van der Waals surface area (Å²) in [5.41, 5.74) is 1.04. The molecule has 1 aliphatic rings. The summed E-state index contributed by atoms with van der Waals surface area (Å²) in [6, 6.07) is 11.1. The smallest absolute Gasteiger partial charge is 0.294 e. The molecular formula is C19H15ClN2O5S. The van der Waals surface area contributed by atoms with Gasteiger partial charge < -0.3 is 15.2 Å². The number of amides is 3. The molecule has 0 atom stereocenters. The van der Waals surface area contributed by atoms with Crippen LogP contribution in [0.4, 0.5) is 10.5 Å². The zero-order valence-corrected chi connectivity index (χ0v) is 16.2. The fraction of sp³-hybridized carbons (Fsp3) is 0.105. The first-order valence-corrected chi connectivity index (χ1v) is 9.24. The minimum atomic E-state index is -0.566. The molecule has 1 aliphatic heterocycles. The van der Waals surface area contributed by atoms with Gasteiger partial charge in [0.1, 0.15) is 6.54 Å². The molecular weight excluding hydrogens is 404 g/mol. The fourth-order valence-electron chi connectivity index (χ4n) is 2.48. The summed E-state index contributed by atoms with van der Waals surface area (Å²) in [7, 11) is 1.41. The maximum Gasteiger partial charge on any atom is 0.294 e. The molecule has 7 nitrogen and oxygen atoms in total. The Balaban J connectivity index is 1.72. The molecule has 0 spiro atoms. The lowest BCUT2D eigenvalue weighted by molar-refractivity contribution is -0.127. The summed E-state index contributed by atoms with van der Waals surface area (Å²) >= 11 is 6.61. The van der Waals surface area contributed by atoms with Gasteiger partial charge in [-0.15, -0.1) is 0 Å². The summed E-state index contributed by atoms with van der Waals surface area (Å²) in [6.07, 6.45) is 1.50. The standard InChI is InChI=1S/C19H15ClN2O5S/c1-27-15-7-11(5-6-14(15)23)8-16-18(25)22(19(26)28-16)10-17(24)21-13-4-2-3-12(20)9-13/h2-9,23H,10H2,1H3,(H,21,24)/b16-8+. The first-order valence-electron chi connectivity index (χ1n) is 8.05. The molecule has 3 amide bonds. The third-order valence-electron chi connectivity index (χ3n) is 3.79. The Morgan fingerprint density at radius 3 is 2.79 bits per heavy atom. The van der Waals surface area contributed by atoms with Gasteiger partial charge in [-0.1, -0.05) is 23.7 Å². The van der Waals surface area contributed by atoms with E-state index in [9.17, 15) is 19.5 Å². The summed E-state index contributed by atoms with van der Waals surface area (Å²) < 4.78 is 5.03. The predicted molar refractivity (Wildman–Crippen MR) is 107 cm³/mol. The van der Waals surface area contributed by atoms with E-state index in [1.807, 2.05) is 0 Å². The number of ether oxygens (including phenoxy) is 1. The fourth-order valence-corrected chi connectivity index (χ4v) is 3.51. The third-order valence-corrected chi connectivity index (χ3v) is 4.93. The minimum absolute atomic E-state index is 0.0366. The number of nitrogens with one attached hydrogen (secondary N) is 1. The second kappa shape index (κ2) is 8.37. The van der Waals surface area contributed by atoms with Crippen LogP contribution in [0.3, 0.4) is 0 Å². The average Bonchev–Trinajstić information content (AvgIpc) is 2.90. The number of methoxy groups -OCH3 is 1. The third kappa shape index (κ3) is 4.47. The molecule has 0 bridgehead atoms. The second-order valence-electron chi connectivity index (χ2n) is 5.76. The Hall–Kier alpha value is -2.97. The van der Waals surface area contributed by atoms with Crippen LogP contribution < -0.4 is 10.1 Å². The molecule has 2 aromatic carbocycles. The molecule has 0 aliphatic carbocycles. The van der Waals surface area contributed by atoms with Crippen molar-refractivity contribution in [1.29, 1.82) is 0 Å². The van der Waals surface area contributed by atoms with Gasteiger partial charge in [0, 0.05) is 10.7 Å². The van der Waals surface area contributed by atoms with Crippen molar-refractivity contribution in [2.45, 2.75) is 0 Å². The largest absolute Gasteiger partial charge is 0.504 e. The number of phenols is 1. The molecule has 0 saturated carbocycles. The van der Waals surface area contributed by atoms with Crippen LogP contribution in [0.2, 0.25) is 5.02 Å². The van der Waals surface area contributed by atoms with E-state index in [0.717, 1.165) is 16.7 Å². The van der Waals surface area contributed by atoms with Crippen LogP contribution in [0.1, 0.15) is 5.56 Å². The van der Waals surface area contributed by atoms with E-state index in [2.05, 4.69) is 5.32 Å². The van der Waals surface area contributed by atoms with Crippen LogP contribution in [0.15, 0.2) is 47.4 Å². The highest BCUT2D eigenvalue weighted by Gasteiger charge is 2.36. The number of rotatable bonds is 5. The molecule has 28 heavy (non-hydrogen) atoms. The summed E-state index contributed by atoms with van der Waals surface area (Å²) in [5.74, 6) is -0.875. The number of halogens is 1. The molecule has 2 N–H and O–H groups in total. The van der Waals surface area contributed by atoms with Gasteiger partial charge in [0.15, 0.2) is 11.5 Å². The Bertz CT molecular complexity index is 992. The van der Waals surface area contributed by atoms with Gasteiger partial charge in [-0.05, 0) is 53.7 Å². The van der Waals surface area contributed by atoms with Crippen LogP contribution >= 0.6 is 23.4 Å². The van der Waals surface area contributed by atoms with Crippen molar-refractivity contribution in [3.63, 3.8) is 0 Å². The summed E-state index contributed by atoms with van der Waals surface area (Å²) in [4.78, 5) is 37.9. The first-order chi connectivity index (χ1) is 13.4. The Kier molecular flexibility index (Phi) is 5.91. The monoisotopic (exact) mass is 418 g/mol. The van der Waals surface area contributed by atoms with Crippen LogP contribution in [0.5, 0.6) is 11.5 Å². The maximum atomic E-state index is 12.5. The van der Waals surface area contributed by atoms with Crippen LogP contribution in [-0.2, 0) is 9.59 Å². The average molecular weight is 419 g/mol. The zero-order valence-electron chi connectivity index (χ0n) is 14.6. The van der Waals surface area contributed by atoms with E-state index < -0.39 is 23.6 Å². The van der Waals surface area contributed by atoms with E-state index in [0.29, 0.717) is 16.3 Å². The van der Waals surface area contributed by atoms with Crippen molar-refractivity contribution in [2.24, 2.45) is 0 Å². The number of aromatic hydroxyl groups is 1. The molecule has 1 fully saturated rings. The minimum Gasteiger partial charge on any atom is -0.504 e. The lowest BCUT2D eigenvalue weighted by atomic mass is 10.2. The van der Waals surface area contributed by atoms with E-state index in [-0.39, 0.29) is 16.4 Å². The molecule has 1 saturated heterocycles. The van der Waals surface area contributed by atoms with Gasteiger partial charge in [-0.2, -0.15) is 0 Å². The van der Waals surface area contributed by atoms with Crippen LogP contribution in [-0.4, -0.2) is 40.7 Å². The molecule has 3 rings (SSSR count). The van der Waals surface area contributed by atoms with Gasteiger partial charge in [-0.25, -0.2) is 0 Å². The molecule has 2 aromatic rings. The van der Waals surface area contributed by atoms with Gasteiger partial charge in [0.25, 0.3) is 11.1 Å². The van der Waals surface area contributed by atoms with E-state index in [1.165, 1.54) is 25.3 Å². The van der Waals surface area contributed by atoms with Crippen molar-refractivity contribution in [2.75, 3.05) is 19.0 Å². The van der Waals surface area contributed by atoms with Gasteiger partial charge in [0.05, 0.1) is 12.0 Å². The van der Waals surface area contributed by atoms with Crippen LogP contribution in [0.25, 0.3) is 6.08 Å². The van der Waals surface area contributed by atoms with Crippen molar-refractivity contribution >= 4 is 52.2 Å². The number of carbonyl (C=O) groups is 3. The van der Waals surface area contributed by atoms with Crippen molar-refractivity contribution in [3.8, 4) is 11.5 Å². The van der Waals surface area contributed by atoms with Crippen molar-refractivity contribution in [1.82, 2.24) is 4.90 Å². The molecule has 9 heteroatoms. The van der Waals surface area contributed by atoms with Gasteiger partial charge >= 0.3 is 0 Å². The Morgan fingerprint density at radius 2 is 2.07 bits per heavy atom. The summed E-state index contributed by atoms with van der Waals surface area (Å²) in [5, 5.41) is 12.1. The number of nitrogens with zero attached hydrogens (tertiary/aromatic N) is 1. The summed E-state index contributed by atoms with van der Waals surface area (Å²) in [6.45, 7) is -0.409. The molecule has 1 heterocycles. The van der Waals surface area contributed by atoms with E-state index in [1.54, 1.807) is 30.3 Å². The highest BCUT2D eigenvalue weighted by atomic mass is 35.5. The normalized spacial score (nSPS) is 15.2. The number of carbonyl (C=O) groups excluding carboxylic acids is 3. The van der Waals surface area contributed by atoms with Crippen molar-refractivity contribution in [3.05, 3.63) is 58.0 Å². The number of benzene rings is 2. The van der Waals surface area contributed by atoms with Gasteiger partial charge in [0.2, 0.25) is 5.91 Å². The molecule has 0 radical (unpaired) electrons. The lowest BCUT2D eigenvalue weighted by Crippen LogP contribution is -2.36. The molecule has 0 unspecified atom stereocenters. The van der Waals surface area contributed by atoms with Crippen molar-refractivity contribution < 1.29 is 24.2 Å². The predicted octanol–water partition coefficient (Wildman–Crippen LogP) is 3.73. The second-order valence-corrected chi connectivity index (χ2v) is 7.19. The number of imide groups is 1. The number of thioether (sulfide) groups is 1. The van der Waals surface area contributed by atoms with Crippen LogP contribution in [0, 0.1) is 0 Å². The first kappa shape index (κ1) is 19.8. The van der Waals surface area contributed by atoms with E-state index >= 15 is 0 Å². The van der Waals surface area contributed by atoms with Gasteiger partial charge in [-0.3, -0.25) is 19.3 Å². The SMILES string of the molecule is COc1cc(/C=C2/SC(=O)N(CC(=O)Nc3cccc(Cl)c3)C2=O)ccc1O. The Labute approximate surface area is 169 Å². The number of hydrogen-bond donors (Lipinski definition) is 2.